The standard InChI is InChI=1S/C16H17BrN2O4S/c1-15(2)10(12(21)22)19-13(23)16(3,14(19)24-15)18-11(20)8-5-4-6-9(17)7-8/h4-7,10,14H,1-3H3,(H,18,20)(H,21,22)/t10-,14+,16-/m0/s1. The van der Waals surface area contributed by atoms with Gasteiger partial charge in [0.05, 0.1) is 0 Å². The van der Waals surface area contributed by atoms with Crippen LogP contribution >= 0.6 is 27.7 Å². The fourth-order valence-corrected chi connectivity index (χ4v) is 5.32. The topological polar surface area (TPSA) is 86.7 Å². The molecule has 24 heavy (non-hydrogen) atoms. The van der Waals surface area contributed by atoms with E-state index in [0.717, 1.165) is 4.47 Å². The number of carbonyl (C=O) groups is 3. The van der Waals surface area contributed by atoms with E-state index in [1.54, 1.807) is 39.0 Å². The van der Waals surface area contributed by atoms with Crippen molar-refractivity contribution in [1.29, 1.82) is 0 Å². The van der Waals surface area contributed by atoms with E-state index < -0.39 is 27.7 Å². The molecule has 0 spiro atoms. The summed E-state index contributed by atoms with van der Waals surface area (Å²) in [6.07, 6.45) is 0. The van der Waals surface area contributed by atoms with Crippen molar-refractivity contribution in [3.05, 3.63) is 34.3 Å². The van der Waals surface area contributed by atoms with E-state index in [4.69, 9.17) is 0 Å². The zero-order valence-electron chi connectivity index (χ0n) is 13.4. The molecule has 2 saturated heterocycles. The van der Waals surface area contributed by atoms with Gasteiger partial charge in [-0.05, 0) is 39.0 Å². The highest BCUT2D eigenvalue weighted by molar-refractivity contribution is 9.10. The van der Waals surface area contributed by atoms with Crippen LogP contribution in [0.1, 0.15) is 31.1 Å². The lowest BCUT2D eigenvalue weighted by Crippen LogP contribution is -2.78. The number of hydrogen-bond acceptors (Lipinski definition) is 4. The summed E-state index contributed by atoms with van der Waals surface area (Å²) >= 11 is 4.72. The maximum atomic E-state index is 12.6. The molecule has 1 aromatic carbocycles. The summed E-state index contributed by atoms with van der Waals surface area (Å²) in [4.78, 5) is 38.0. The number of carboxylic acids is 1. The van der Waals surface area contributed by atoms with Crippen LogP contribution in [0.5, 0.6) is 0 Å². The first kappa shape index (κ1) is 17.3. The average Bonchev–Trinajstić information content (AvgIpc) is 2.76. The maximum absolute atomic E-state index is 12.6. The van der Waals surface area contributed by atoms with Crippen LogP contribution in [0.25, 0.3) is 0 Å². The summed E-state index contributed by atoms with van der Waals surface area (Å²) in [5, 5.41) is 11.8. The van der Waals surface area contributed by atoms with Gasteiger partial charge in [-0.25, -0.2) is 4.79 Å². The first-order valence-corrected chi connectivity index (χ1v) is 9.06. The number of fused-ring (bicyclic) bond motifs is 1. The quantitative estimate of drug-likeness (QED) is 0.742. The van der Waals surface area contributed by atoms with Crippen LogP contribution in [-0.4, -0.2) is 49.5 Å². The van der Waals surface area contributed by atoms with E-state index in [-0.39, 0.29) is 11.8 Å². The third-order valence-electron chi connectivity index (χ3n) is 4.47. The van der Waals surface area contributed by atoms with Gasteiger partial charge in [0.25, 0.3) is 11.8 Å². The predicted molar refractivity (Wildman–Crippen MR) is 93.7 cm³/mol. The van der Waals surface area contributed by atoms with Gasteiger partial charge in [-0.15, -0.1) is 11.8 Å². The monoisotopic (exact) mass is 412 g/mol. The number of nitrogens with one attached hydrogen (secondary N) is 1. The molecule has 2 amide bonds. The molecule has 3 rings (SSSR count). The van der Waals surface area contributed by atoms with E-state index in [1.807, 2.05) is 6.07 Å². The first-order chi connectivity index (χ1) is 11.1. The zero-order chi connectivity index (χ0) is 17.9. The number of aliphatic carboxylic acids is 1. The van der Waals surface area contributed by atoms with Crippen LogP contribution in [0.3, 0.4) is 0 Å². The second-order valence-electron chi connectivity index (χ2n) is 6.69. The van der Waals surface area contributed by atoms with Gasteiger partial charge >= 0.3 is 5.97 Å². The van der Waals surface area contributed by atoms with E-state index >= 15 is 0 Å². The minimum absolute atomic E-state index is 0.357. The highest BCUT2D eigenvalue weighted by atomic mass is 79.9. The highest BCUT2D eigenvalue weighted by Gasteiger charge is 2.70. The molecule has 3 atom stereocenters. The maximum Gasteiger partial charge on any atom is 0.327 e. The molecule has 0 aliphatic carbocycles. The van der Waals surface area contributed by atoms with Gasteiger partial charge in [0.2, 0.25) is 0 Å². The molecule has 8 heteroatoms. The summed E-state index contributed by atoms with van der Waals surface area (Å²) in [7, 11) is 0. The SMILES string of the molecule is CC1(C)S[C@H]2N(C(=O)[C@]2(C)NC(=O)c2cccc(Br)c2)[C@H]1C(=O)O. The Kier molecular flexibility index (Phi) is 3.95. The molecule has 2 aliphatic heterocycles. The average molecular weight is 413 g/mol. The molecule has 0 aromatic heterocycles. The Morgan fingerprint density at radius 3 is 2.58 bits per heavy atom. The Balaban J connectivity index is 1.84. The number of halogens is 1. The van der Waals surface area contributed by atoms with Crippen LogP contribution in [0.4, 0.5) is 0 Å². The fraction of sp³-hybridized carbons (Fsp3) is 0.438. The number of hydrogen-bond donors (Lipinski definition) is 2. The molecule has 2 fully saturated rings. The van der Waals surface area contributed by atoms with E-state index in [9.17, 15) is 19.5 Å². The smallest absolute Gasteiger partial charge is 0.327 e. The lowest BCUT2D eigenvalue weighted by molar-refractivity contribution is -0.165. The normalized spacial score (nSPS) is 30.5. The lowest BCUT2D eigenvalue weighted by Gasteiger charge is -2.51. The van der Waals surface area contributed by atoms with Crippen LogP contribution in [0.2, 0.25) is 0 Å². The van der Waals surface area contributed by atoms with Crippen molar-refractivity contribution >= 4 is 45.5 Å². The minimum atomic E-state index is -1.11. The van der Waals surface area contributed by atoms with Gasteiger partial charge in [0.1, 0.15) is 17.0 Å². The lowest BCUT2D eigenvalue weighted by atomic mass is 9.86. The molecular weight excluding hydrogens is 396 g/mol. The summed E-state index contributed by atoms with van der Waals surface area (Å²) in [5.74, 6) is -1.74. The van der Waals surface area contributed by atoms with Gasteiger partial charge in [0.15, 0.2) is 0 Å². The number of β-lactam (4-membered cyclic amide) rings is 1. The number of thioether (sulfide) groups is 1. The van der Waals surface area contributed by atoms with Crippen LogP contribution in [-0.2, 0) is 9.59 Å². The molecule has 0 bridgehead atoms. The Hall–Kier alpha value is -1.54. The Morgan fingerprint density at radius 2 is 2.00 bits per heavy atom. The summed E-state index contributed by atoms with van der Waals surface area (Å²) in [6, 6.07) is 5.99. The molecule has 0 radical (unpaired) electrons. The van der Waals surface area contributed by atoms with Crippen LogP contribution in [0, 0.1) is 0 Å². The highest BCUT2D eigenvalue weighted by Crippen LogP contribution is 2.54. The molecule has 128 valence electrons. The molecule has 6 nitrogen and oxygen atoms in total. The van der Waals surface area contributed by atoms with Crippen LogP contribution < -0.4 is 5.32 Å². The van der Waals surface area contributed by atoms with Crippen molar-refractivity contribution in [3.8, 4) is 0 Å². The van der Waals surface area contributed by atoms with Gasteiger partial charge in [0, 0.05) is 14.8 Å². The van der Waals surface area contributed by atoms with E-state index in [0.29, 0.717) is 5.56 Å². The number of rotatable bonds is 3. The van der Waals surface area contributed by atoms with Gasteiger partial charge in [-0.3, -0.25) is 9.59 Å². The second kappa shape index (κ2) is 5.49. The number of nitrogens with zero attached hydrogens (tertiary/aromatic N) is 1. The summed E-state index contributed by atoms with van der Waals surface area (Å²) in [5.41, 5.74) is -0.667. The van der Waals surface area contributed by atoms with E-state index in [2.05, 4.69) is 21.2 Å². The Labute approximate surface area is 152 Å². The van der Waals surface area contributed by atoms with Crippen molar-refractivity contribution < 1.29 is 19.5 Å². The van der Waals surface area contributed by atoms with Crippen LogP contribution in [0.15, 0.2) is 28.7 Å². The second-order valence-corrected chi connectivity index (χ2v) is 9.34. The predicted octanol–water partition coefficient (Wildman–Crippen LogP) is 2.08. The zero-order valence-corrected chi connectivity index (χ0v) is 15.8. The molecule has 1 aromatic rings. The summed E-state index contributed by atoms with van der Waals surface area (Å²) < 4.78 is 0.147. The van der Waals surface area contributed by atoms with Crippen molar-refractivity contribution in [2.24, 2.45) is 0 Å². The minimum Gasteiger partial charge on any atom is -0.480 e. The van der Waals surface area contributed by atoms with Gasteiger partial charge < -0.3 is 15.3 Å². The fourth-order valence-electron chi connectivity index (χ4n) is 3.28. The molecule has 2 heterocycles. The number of carbonyl (C=O) groups excluding carboxylic acids is 2. The number of benzene rings is 1. The third kappa shape index (κ3) is 2.43. The van der Waals surface area contributed by atoms with Crippen molar-refractivity contribution in [1.82, 2.24) is 10.2 Å². The van der Waals surface area contributed by atoms with Gasteiger partial charge in [-0.2, -0.15) is 0 Å². The van der Waals surface area contributed by atoms with E-state index in [1.165, 1.54) is 16.7 Å². The van der Waals surface area contributed by atoms with Crippen molar-refractivity contribution in [2.75, 3.05) is 0 Å². The van der Waals surface area contributed by atoms with Crippen molar-refractivity contribution in [2.45, 2.75) is 42.5 Å². The molecule has 2 N–H and O–H groups in total. The number of carboxylic acid groups (broad SMARTS) is 1. The molecular formula is C16H17BrN2O4S. The van der Waals surface area contributed by atoms with Crippen molar-refractivity contribution in [3.63, 3.8) is 0 Å². The first-order valence-electron chi connectivity index (χ1n) is 7.39. The molecule has 0 unspecified atom stereocenters. The largest absolute Gasteiger partial charge is 0.480 e. The third-order valence-corrected chi connectivity index (χ3v) is 6.72. The summed E-state index contributed by atoms with van der Waals surface area (Å²) in [6.45, 7) is 5.26. The number of amides is 2. The Bertz CT molecular complexity index is 753. The Morgan fingerprint density at radius 1 is 1.33 bits per heavy atom. The molecule has 2 aliphatic rings. The molecule has 0 saturated carbocycles. The van der Waals surface area contributed by atoms with Gasteiger partial charge in [-0.1, -0.05) is 22.0 Å².